The van der Waals surface area contributed by atoms with Gasteiger partial charge in [-0.15, -0.1) is 11.3 Å². The Morgan fingerprint density at radius 2 is 1.71 bits per heavy atom. The van der Waals surface area contributed by atoms with Crippen LogP contribution < -0.4 is 10.6 Å². The molecular formula is C27H21N5OS. The largest absolute Gasteiger partial charge is 0.356 e. The maximum absolute atomic E-state index is 12.7. The van der Waals surface area contributed by atoms with Crippen LogP contribution in [0.1, 0.15) is 35.3 Å². The molecule has 34 heavy (non-hydrogen) atoms. The van der Waals surface area contributed by atoms with Crippen LogP contribution in [0.3, 0.4) is 0 Å². The normalized spacial score (nSPS) is 10.7. The van der Waals surface area contributed by atoms with Gasteiger partial charge in [0, 0.05) is 27.9 Å². The minimum absolute atomic E-state index is 0.251. The fourth-order valence-electron chi connectivity index (χ4n) is 3.29. The monoisotopic (exact) mass is 463 g/mol. The smallest absolute Gasteiger partial charge is 0.257 e. The van der Waals surface area contributed by atoms with Gasteiger partial charge in [0.1, 0.15) is 0 Å². The Labute approximate surface area is 202 Å². The number of hydrogen-bond acceptors (Lipinski definition) is 6. The van der Waals surface area contributed by atoms with E-state index in [4.69, 9.17) is 5.26 Å². The Morgan fingerprint density at radius 3 is 2.38 bits per heavy atom. The summed E-state index contributed by atoms with van der Waals surface area (Å²) in [6.07, 6.45) is 0. The van der Waals surface area contributed by atoms with Crippen molar-refractivity contribution in [3.63, 3.8) is 0 Å². The first-order valence-corrected chi connectivity index (χ1v) is 11.4. The van der Waals surface area contributed by atoms with Crippen LogP contribution in [0.5, 0.6) is 0 Å². The molecule has 7 heteroatoms. The molecule has 0 fully saturated rings. The molecule has 0 aliphatic heterocycles. The molecule has 0 aliphatic carbocycles. The summed E-state index contributed by atoms with van der Waals surface area (Å²) >= 11 is 1.36. The molecule has 2 N–H and O–H groups in total. The lowest BCUT2D eigenvalue weighted by atomic mass is 9.86. The molecule has 0 aliphatic rings. The molecule has 0 spiro atoms. The average molecular weight is 464 g/mol. The quantitative estimate of drug-likeness (QED) is 0.341. The van der Waals surface area contributed by atoms with Crippen molar-refractivity contribution in [3.8, 4) is 23.4 Å². The maximum Gasteiger partial charge on any atom is 0.257 e. The number of carbonyl (C=O) groups is 1. The number of nitrogens with zero attached hydrogens (tertiary/aromatic N) is 3. The van der Waals surface area contributed by atoms with Crippen LogP contribution in [0.25, 0.3) is 11.3 Å². The van der Waals surface area contributed by atoms with Crippen LogP contribution in [0.2, 0.25) is 0 Å². The van der Waals surface area contributed by atoms with E-state index in [1.807, 2.05) is 55.6 Å². The van der Waals surface area contributed by atoms with Gasteiger partial charge >= 0.3 is 0 Å². The zero-order valence-electron chi connectivity index (χ0n) is 18.7. The van der Waals surface area contributed by atoms with E-state index in [-0.39, 0.29) is 5.91 Å². The lowest BCUT2D eigenvalue weighted by Gasteiger charge is -2.15. The first-order chi connectivity index (χ1) is 16.4. The van der Waals surface area contributed by atoms with Gasteiger partial charge in [0.15, 0.2) is 5.13 Å². The molecule has 3 aromatic carbocycles. The molecule has 1 amide bonds. The minimum atomic E-state index is -0.608. The maximum atomic E-state index is 12.7. The van der Waals surface area contributed by atoms with E-state index in [1.165, 1.54) is 11.3 Å². The van der Waals surface area contributed by atoms with Gasteiger partial charge in [-0.1, -0.05) is 24.3 Å². The number of aromatic nitrogens is 1. The second kappa shape index (κ2) is 9.58. The van der Waals surface area contributed by atoms with Crippen molar-refractivity contribution in [1.29, 1.82) is 10.5 Å². The summed E-state index contributed by atoms with van der Waals surface area (Å²) in [6, 6.07) is 26.5. The van der Waals surface area contributed by atoms with Crippen LogP contribution in [0.4, 0.5) is 16.5 Å². The van der Waals surface area contributed by atoms with Crippen molar-refractivity contribution in [1.82, 2.24) is 4.98 Å². The number of carbonyl (C=O) groups excluding carboxylic acids is 1. The Morgan fingerprint density at radius 1 is 0.971 bits per heavy atom. The molecule has 1 aromatic heterocycles. The lowest BCUT2D eigenvalue weighted by molar-refractivity contribution is 0.102. The van der Waals surface area contributed by atoms with E-state index in [2.05, 4.69) is 27.8 Å². The molecule has 4 aromatic rings. The molecular weight excluding hydrogens is 442 g/mol. The van der Waals surface area contributed by atoms with Crippen LogP contribution >= 0.6 is 11.3 Å². The average Bonchev–Trinajstić information content (AvgIpc) is 3.33. The molecule has 4 rings (SSSR count). The number of anilines is 3. The highest BCUT2D eigenvalue weighted by atomic mass is 32.1. The van der Waals surface area contributed by atoms with Crippen molar-refractivity contribution in [3.05, 3.63) is 94.9 Å². The number of nitrogens with one attached hydrogen (secondary N) is 2. The first-order valence-electron chi connectivity index (χ1n) is 10.5. The highest BCUT2D eigenvalue weighted by Gasteiger charge is 2.20. The summed E-state index contributed by atoms with van der Waals surface area (Å²) in [7, 11) is 0. The SMILES string of the molecule is CC(C)(C#N)c1ccc(C(=O)Nc2nc(-c3cccc(Nc4ccc(C#N)cc4)c3)cs2)cc1. The number of hydrogen-bond donors (Lipinski definition) is 2. The molecule has 0 atom stereocenters. The fourth-order valence-corrected chi connectivity index (χ4v) is 4.00. The van der Waals surface area contributed by atoms with Crippen molar-refractivity contribution >= 4 is 33.8 Å². The molecule has 0 radical (unpaired) electrons. The van der Waals surface area contributed by atoms with Gasteiger partial charge in [0.25, 0.3) is 5.91 Å². The number of nitriles is 2. The number of thiazole rings is 1. The van der Waals surface area contributed by atoms with E-state index < -0.39 is 5.41 Å². The predicted molar refractivity (Wildman–Crippen MR) is 135 cm³/mol. The number of benzene rings is 3. The van der Waals surface area contributed by atoms with Gasteiger partial charge in [0.05, 0.1) is 28.8 Å². The molecule has 0 bridgehead atoms. The van der Waals surface area contributed by atoms with Crippen LogP contribution in [0, 0.1) is 22.7 Å². The zero-order valence-corrected chi connectivity index (χ0v) is 19.5. The Hall–Kier alpha value is -4.46. The second-order valence-corrected chi connectivity index (χ2v) is 9.06. The van der Waals surface area contributed by atoms with E-state index in [9.17, 15) is 10.1 Å². The van der Waals surface area contributed by atoms with E-state index in [1.54, 1.807) is 36.4 Å². The standard InChI is InChI=1S/C27H21N5OS/c1-27(2,17-29)21-10-8-19(9-11-21)25(33)32-26-31-24(16-34-26)20-4-3-5-23(14-20)30-22-12-6-18(15-28)7-13-22/h3-14,16,30H,1-2H3,(H,31,32,33). The van der Waals surface area contributed by atoms with Crippen molar-refractivity contribution in [2.45, 2.75) is 19.3 Å². The van der Waals surface area contributed by atoms with Gasteiger partial charge in [-0.05, 0) is 67.9 Å². The van der Waals surface area contributed by atoms with Crippen molar-refractivity contribution in [2.24, 2.45) is 0 Å². The summed E-state index contributed by atoms with van der Waals surface area (Å²) in [4.78, 5) is 17.2. The summed E-state index contributed by atoms with van der Waals surface area (Å²) in [5.41, 5.74) is 4.81. The zero-order chi connectivity index (χ0) is 24.1. The molecule has 0 saturated carbocycles. The fraction of sp³-hybridized carbons (Fsp3) is 0.111. The Balaban J connectivity index is 1.45. The predicted octanol–water partition coefficient (Wildman–Crippen LogP) is 6.48. The minimum Gasteiger partial charge on any atom is -0.356 e. The van der Waals surface area contributed by atoms with E-state index >= 15 is 0 Å². The highest BCUT2D eigenvalue weighted by Crippen LogP contribution is 2.28. The van der Waals surface area contributed by atoms with Gasteiger partial charge in [-0.2, -0.15) is 10.5 Å². The van der Waals surface area contributed by atoms with Crippen LogP contribution in [-0.4, -0.2) is 10.9 Å². The first kappa shape index (κ1) is 22.7. The van der Waals surface area contributed by atoms with Gasteiger partial charge in [-0.3, -0.25) is 10.1 Å². The number of rotatable bonds is 6. The van der Waals surface area contributed by atoms with Gasteiger partial charge in [0.2, 0.25) is 0 Å². The molecule has 0 saturated heterocycles. The lowest BCUT2D eigenvalue weighted by Crippen LogP contribution is -2.15. The summed E-state index contributed by atoms with van der Waals surface area (Å²) in [6.45, 7) is 3.68. The number of amides is 1. The molecule has 0 unspecified atom stereocenters. The summed E-state index contributed by atoms with van der Waals surface area (Å²) < 4.78 is 0. The molecule has 1 heterocycles. The van der Waals surface area contributed by atoms with Crippen LogP contribution in [-0.2, 0) is 5.41 Å². The third-order valence-electron chi connectivity index (χ3n) is 5.33. The van der Waals surface area contributed by atoms with Crippen LogP contribution in [0.15, 0.2) is 78.2 Å². The summed E-state index contributed by atoms with van der Waals surface area (Å²) in [5.74, 6) is -0.251. The van der Waals surface area contributed by atoms with Crippen molar-refractivity contribution < 1.29 is 4.79 Å². The second-order valence-electron chi connectivity index (χ2n) is 8.20. The van der Waals surface area contributed by atoms with E-state index in [0.717, 1.165) is 28.2 Å². The Bertz CT molecular complexity index is 1410. The highest BCUT2D eigenvalue weighted by molar-refractivity contribution is 7.14. The topological polar surface area (TPSA) is 102 Å². The van der Waals surface area contributed by atoms with Gasteiger partial charge < -0.3 is 5.32 Å². The third-order valence-corrected chi connectivity index (χ3v) is 6.09. The Kier molecular flexibility index (Phi) is 6.40. The molecule has 6 nitrogen and oxygen atoms in total. The third kappa shape index (κ3) is 5.12. The van der Waals surface area contributed by atoms with Crippen molar-refractivity contribution in [2.75, 3.05) is 10.6 Å². The van der Waals surface area contributed by atoms with Gasteiger partial charge in [-0.25, -0.2) is 4.98 Å². The van der Waals surface area contributed by atoms with E-state index in [0.29, 0.717) is 16.3 Å². The molecule has 166 valence electrons. The summed E-state index contributed by atoms with van der Waals surface area (Å²) in [5, 5.41) is 26.8.